The van der Waals surface area contributed by atoms with E-state index in [4.69, 9.17) is 0 Å². The largest absolute Gasteiger partial charge is 0.316 e. The minimum Gasteiger partial charge on any atom is -0.316 e. The van der Waals surface area contributed by atoms with Crippen LogP contribution < -0.4 is 5.32 Å². The van der Waals surface area contributed by atoms with Crippen molar-refractivity contribution in [3.63, 3.8) is 0 Å². The van der Waals surface area contributed by atoms with Crippen LogP contribution in [0.1, 0.15) is 65.7 Å². The molecule has 0 aromatic rings. The van der Waals surface area contributed by atoms with Gasteiger partial charge in [-0.25, -0.2) is 0 Å². The monoisotopic (exact) mass is 254 g/mol. The van der Waals surface area contributed by atoms with Crippen LogP contribution in [0, 0.1) is 5.92 Å². The molecular formula is C16H34N2. The minimum atomic E-state index is 0.783. The molecule has 108 valence electrons. The summed E-state index contributed by atoms with van der Waals surface area (Å²) in [4.78, 5) is 2.72. The highest BCUT2D eigenvalue weighted by atomic mass is 15.2. The predicted octanol–water partition coefficient (Wildman–Crippen LogP) is 3.67. The lowest BCUT2D eigenvalue weighted by atomic mass is 10.1. The molecule has 1 saturated carbocycles. The summed E-state index contributed by atoms with van der Waals surface area (Å²) in [5, 5.41) is 3.52. The zero-order valence-corrected chi connectivity index (χ0v) is 12.9. The quantitative estimate of drug-likeness (QED) is 0.535. The van der Waals surface area contributed by atoms with E-state index in [1.54, 1.807) is 0 Å². The fourth-order valence-electron chi connectivity index (χ4n) is 2.51. The maximum absolute atomic E-state index is 3.52. The Labute approximate surface area is 115 Å². The smallest absolute Gasteiger partial charge is 0.00964 e. The highest BCUT2D eigenvalue weighted by Crippen LogP contribution is 2.27. The first kappa shape index (κ1) is 16.0. The Hall–Kier alpha value is -0.0800. The van der Waals surface area contributed by atoms with E-state index in [1.807, 2.05) is 0 Å². The third-order valence-corrected chi connectivity index (χ3v) is 3.68. The summed E-state index contributed by atoms with van der Waals surface area (Å²) in [6.45, 7) is 11.9. The summed E-state index contributed by atoms with van der Waals surface area (Å²) >= 11 is 0. The van der Waals surface area contributed by atoms with Gasteiger partial charge in [-0.05, 0) is 64.2 Å². The maximum atomic E-state index is 3.52. The topological polar surface area (TPSA) is 15.3 Å². The Bertz CT molecular complexity index is 188. The first-order valence-corrected chi connectivity index (χ1v) is 8.18. The first-order chi connectivity index (χ1) is 8.74. The van der Waals surface area contributed by atoms with Crippen molar-refractivity contribution in [2.75, 3.05) is 26.2 Å². The van der Waals surface area contributed by atoms with Gasteiger partial charge in [0.05, 0.1) is 0 Å². The molecule has 0 amide bonds. The van der Waals surface area contributed by atoms with Gasteiger partial charge in [0.15, 0.2) is 0 Å². The molecule has 1 N–H and O–H groups in total. The maximum Gasteiger partial charge on any atom is 0.00964 e. The van der Waals surface area contributed by atoms with Crippen LogP contribution in [0.5, 0.6) is 0 Å². The Morgan fingerprint density at radius 1 is 1.06 bits per heavy atom. The second kappa shape index (κ2) is 9.80. The lowest BCUT2D eigenvalue weighted by molar-refractivity contribution is 0.257. The van der Waals surface area contributed by atoms with Crippen molar-refractivity contribution < 1.29 is 0 Å². The molecule has 0 saturated heterocycles. The highest BCUT2D eigenvalue weighted by molar-refractivity contribution is 4.84. The average Bonchev–Trinajstić information content (AvgIpc) is 3.14. The average molecular weight is 254 g/mol. The molecule has 2 nitrogen and oxygen atoms in total. The Kier molecular flexibility index (Phi) is 8.70. The number of hydrogen-bond donors (Lipinski definition) is 1. The molecule has 0 unspecified atom stereocenters. The number of rotatable bonds is 12. The standard InChI is InChI=1S/C16H34N2/c1-4-12-18(16-9-10-16)13-8-6-5-7-11-17-14-15(2)3/h15-17H,4-14H2,1-3H3. The van der Waals surface area contributed by atoms with E-state index in [9.17, 15) is 0 Å². The van der Waals surface area contributed by atoms with E-state index in [0.29, 0.717) is 0 Å². The van der Waals surface area contributed by atoms with Crippen LogP contribution in [0.3, 0.4) is 0 Å². The SMILES string of the molecule is CCCN(CCCCCCNCC(C)C)C1CC1. The lowest BCUT2D eigenvalue weighted by Gasteiger charge is -2.20. The van der Waals surface area contributed by atoms with E-state index in [0.717, 1.165) is 12.0 Å². The van der Waals surface area contributed by atoms with Crippen LogP contribution in [-0.2, 0) is 0 Å². The van der Waals surface area contributed by atoms with Gasteiger partial charge < -0.3 is 10.2 Å². The summed E-state index contributed by atoms with van der Waals surface area (Å²) in [6.07, 6.45) is 9.80. The van der Waals surface area contributed by atoms with E-state index in [-0.39, 0.29) is 0 Å². The van der Waals surface area contributed by atoms with Crippen LogP contribution >= 0.6 is 0 Å². The Morgan fingerprint density at radius 3 is 2.39 bits per heavy atom. The van der Waals surface area contributed by atoms with E-state index in [2.05, 4.69) is 31.0 Å². The van der Waals surface area contributed by atoms with Gasteiger partial charge in [0.1, 0.15) is 0 Å². The summed E-state index contributed by atoms with van der Waals surface area (Å²) in [5.74, 6) is 0.783. The first-order valence-electron chi connectivity index (χ1n) is 8.18. The Morgan fingerprint density at radius 2 is 1.78 bits per heavy atom. The molecule has 0 heterocycles. The van der Waals surface area contributed by atoms with Gasteiger partial charge in [-0.3, -0.25) is 0 Å². The summed E-state index contributed by atoms with van der Waals surface area (Å²) < 4.78 is 0. The van der Waals surface area contributed by atoms with Gasteiger partial charge >= 0.3 is 0 Å². The second-order valence-electron chi connectivity index (χ2n) is 6.28. The van der Waals surface area contributed by atoms with Gasteiger partial charge in [-0.2, -0.15) is 0 Å². The molecule has 0 aromatic carbocycles. The fourth-order valence-corrected chi connectivity index (χ4v) is 2.51. The third-order valence-electron chi connectivity index (χ3n) is 3.68. The molecule has 0 bridgehead atoms. The third kappa shape index (κ3) is 8.10. The molecule has 0 radical (unpaired) electrons. The second-order valence-corrected chi connectivity index (χ2v) is 6.28. The molecule has 1 aliphatic carbocycles. The van der Waals surface area contributed by atoms with E-state index < -0.39 is 0 Å². The Balaban J connectivity index is 1.85. The van der Waals surface area contributed by atoms with Crippen LogP contribution in [0.4, 0.5) is 0 Å². The highest BCUT2D eigenvalue weighted by Gasteiger charge is 2.27. The molecule has 1 rings (SSSR count). The predicted molar refractivity (Wildman–Crippen MR) is 81.1 cm³/mol. The summed E-state index contributed by atoms with van der Waals surface area (Å²) in [7, 11) is 0. The van der Waals surface area contributed by atoms with Gasteiger partial charge in [0, 0.05) is 6.04 Å². The molecule has 18 heavy (non-hydrogen) atoms. The number of nitrogens with zero attached hydrogens (tertiary/aromatic N) is 1. The lowest BCUT2D eigenvalue weighted by Crippen LogP contribution is -2.28. The molecule has 1 aliphatic rings. The molecule has 0 spiro atoms. The molecule has 0 aliphatic heterocycles. The zero-order valence-electron chi connectivity index (χ0n) is 12.9. The van der Waals surface area contributed by atoms with Crippen LogP contribution in [0.25, 0.3) is 0 Å². The number of nitrogens with one attached hydrogen (secondary N) is 1. The van der Waals surface area contributed by atoms with Crippen molar-refractivity contribution in [1.82, 2.24) is 10.2 Å². The summed E-state index contributed by atoms with van der Waals surface area (Å²) in [6, 6.07) is 0.956. The molecule has 2 heteroatoms. The van der Waals surface area contributed by atoms with Crippen molar-refractivity contribution in [3.8, 4) is 0 Å². The van der Waals surface area contributed by atoms with Gasteiger partial charge in [-0.1, -0.05) is 33.6 Å². The zero-order chi connectivity index (χ0) is 13.2. The minimum absolute atomic E-state index is 0.783. The van der Waals surface area contributed by atoms with Crippen molar-refractivity contribution >= 4 is 0 Å². The molecule has 0 atom stereocenters. The molecule has 0 aromatic heterocycles. The van der Waals surface area contributed by atoms with Crippen LogP contribution in [0.2, 0.25) is 0 Å². The summed E-state index contributed by atoms with van der Waals surface area (Å²) in [5.41, 5.74) is 0. The van der Waals surface area contributed by atoms with Crippen molar-refractivity contribution in [3.05, 3.63) is 0 Å². The normalized spacial score (nSPS) is 15.8. The van der Waals surface area contributed by atoms with E-state index in [1.165, 1.54) is 71.1 Å². The number of unbranched alkanes of at least 4 members (excludes halogenated alkanes) is 3. The number of hydrogen-bond acceptors (Lipinski definition) is 2. The van der Waals surface area contributed by atoms with Gasteiger partial charge in [0.25, 0.3) is 0 Å². The molecular weight excluding hydrogens is 220 g/mol. The van der Waals surface area contributed by atoms with Gasteiger partial charge in [-0.15, -0.1) is 0 Å². The van der Waals surface area contributed by atoms with Crippen LogP contribution in [0.15, 0.2) is 0 Å². The van der Waals surface area contributed by atoms with Crippen molar-refractivity contribution in [1.29, 1.82) is 0 Å². The van der Waals surface area contributed by atoms with Crippen molar-refractivity contribution in [2.24, 2.45) is 5.92 Å². The molecule has 1 fully saturated rings. The van der Waals surface area contributed by atoms with E-state index >= 15 is 0 Å². The van der Waals surface area contributed by atoms with Crippen molar-refractivity contribution in [2.45, 2.75) is 71.8 Å². The fraction of sp³-hybridized carbons (Fsp3) is 1.00. The van der Waals surface area contributed by atoms with Crippen LogP contribution in [-0.4, -0.2) is 37.1 Å². The van der Waals surface area contributed by atoms with Gasteiger partial charge in [0.2, 0.25) is 0 Å².